The predicted octanol–water partition coefficient (Wildman–Crippen LogP) is 0.901. The molecule has 1 unspecified atom stereocenters. The summed E-state index contributed by atoms with van der Waals surface area (Å²) in [4.78, 5) is 13.7. The number of imidazole rings is 1. The van der Waals surface area contributed by atoms with Crippen molar-refractivity contribution in [2.75, 3.05) is 11.9 Å². The second-order valence-electron chi connectivity index (χ2n) is 3.61. The summed E-state index contributed by atoms with van der Waals surface area (Å²) in [6.07, 6.45) is 2.40. The van der Waals surface area contributed by atoms with Gasteiger partial charge in [0.05, 0.1) is 6.10 Å². The lowest BCUT2D eigenvalue weighted by molar-refractivity contribution is -0.388. The number of aromatic nitrogens is 2. The van der Waals surface area contributed by atoms with Crippen molar-refractivity contribution in [2.45, 2.75) is 25.9 Å². The molecule has 0 radical (unpaired) electrons. The molecule has 0 saturated heterocycles. The molecule has 0 aromatic carbocycles. The smallest absolute Gasteiger partial charge is 0.391 e. The van der Waals surface area contributed by atoms with E-state index in [9.17, 15) is 15.2 Å². The zero-order valence-electron chi connectivity index (χ0n) is 9.38. The number of aryl methyl sites for hydroxylation is 1. The molecule has 90 valence electrons. The van der Waals surface area contributed by atoms with Gasteiger partial charge in [0, 0.05) is 13.6 Å². The molecule has 1 heterocycles. The van der Waals surface area contributed by atoms with Gasteiger partial charge in [-0.05, 0) is 16.3 Å². The van der Waals surface area contributed by atoms with Gasteiger partial charge in [0.25, 0.3) is 0 Å². The van der Waals surface area contributed by atoms with Gasteiger partial charge in [-0.15, -0.1) is 0 Å². The Labute approximate surface area is 93.3 Å². The highest BCUT2D eigenvalue weighted by molar-refractivity contribution is 5.51. The van der Waals surface area contributed by atoms with E-state index in [-0.39, 0.29) is 12.4 Å². The highest BCUT2D eigenvalue weighted by Gasteiger charge is 2.20. The van der Waals surface area contributed by atoms with Crippen LogP contribution in [0.2, 0.25) is 0 Å². The third kappa shape index (κ3) is 2.93. The lowest BCUT2D eigenvalue weighted by atomic mass is 10.2. The zero-order valence-corrected chi connectivity index (χ0v) is 9.38. The second-order valence-corrected chi connectivity index (χ2v) is 3.61. The fourth-order valence-electron chi connectivity index (χ4n) is 1.41. The van der Waals surface area contributed by atoms with E-state index in [1.807, 2.05) is 6.92 Å². The van der Waals surface area contributed by atoms with Crippen molar-refractivity contribution in [3.05, 3.63) is 16.4 Å². The van der Waals surface area contributed by atoms with Gasteiger partial charge >= 0.3 is 5.82 Å². The predicted molar refractivity (Wildman–Crippen MR) is 59.3 cm³/mol. The SMILES string of the molecule is CCCC(O)CNc1c([N+](=O)[O-])ncn1C. The summed E-state index contributed by atoms with van der Waals surface area (Å²) in [5.41, 5.74) is 0. The number of hydrogen-bond donors (Lipinski definition) is 2. The lowest BCUT2D eigenvalue weighted by Crippen LogP contribution is -2.20. The first-order valence-corrected chi connectivity index (χ1v) is 5.13. The van der Waals surface area contributed by atoms with E-state index in [2.05, 4.69) is 10.3 Å². The molecular weight excluding hydrogens is 212 g/mol. The van der Waals surface area contributed by atoms with Crippen molar-refractivity contribution < 1.29 is 10.0 Å². The summed E-state index contributed by atoms with van der Waals surface area (Å²) in [6, 6.07) is 0. The van der Waals surface area contributed by atoms with Gasteiger partial charge in [0.15, 0.2) is 0 Å². The fourth-order valence-corrected chi connectivity index (χ4v) is 1.41. The molecule has 0 aliphatic carbocycles. The summed E-state index contributed by atoms with van der Waals surface area (Å²) in [6.45, 7) is 2.25. The van der Waals surface area contributed by atoms with Crippen LogP contribution in [0, 0.1) is 10.1 Å². The number of nitrogens with zero attached hydrogens (tertiary/aromatic N) is 3. The van der Waals surface area contributed by atoms with Gasteiger partial charge in [-0.25, -0.2) is 0 Å². The van der Waals surface area contributed by atoms with Gasteiger partial charge in [0.2, 0.25) is 12.1 Å². The van der Waals surface area contributed by atoms with Crippen LogP contribution in [0.3, 0.4) is 0 Å². The molecule has 0 fully saturated rings. The van der Waals surface area contributed by atoms with Crippen molar-refractivity contribution in [2.24, 2.45) is 7.05 Å². The number of nitrogens with one attached hydrogen (secondary N) is 1. The van der Waals surface area contributed by atoms with Gasteiger partial charge < -0.3 is 20.5 Å². The van der Waals surface area contributed by atoms with Crippen LogP contribution >= 0.6 is 0 Å². The molecule has 7 nitrogen and oxygen atoms in total. The van der Waals surface area contributed by atoms with E-state index >= 15 is 0 Å². The maximum Gasteiger partial charge on any atom is 0.406 e. The van der Waals surface area contributed by atoms with E-state index < -0.39 is 11.0 Å². The van der Waals surface area contributed by atoms with Crippen molar-refractivity contribution >= 4 is 11.6 Å². The maximum absolute atomic E-state index is 10.6. The molecule has 16 heavy (non-hydrogen) atoms. The Kier molecular flexibility index (Phi) is 4.24. The first-order chi connectivity index (χ1) is 7.56. The number of nitro groups is 1. The minimum atomic E-state index is -0.547. The van der Waals surface area contributed by atoms with Crippen molar-refractivity contribution in [3.8, 4) is 0 Å². The minimum absolute atomic E-state index is 0.216. The molecule has 1 aromatic heterocycles. The average molecular weight is 228 g/mol. The number of anilines is 1. The first kappa shape index (κ1) is 12.4. The van der Waals surface area contributed by atoms with Crippen LogP contribution in [0.1, 0.15) is 19.8 Å². The van der Waals surface area contributed by atoms with E-state index in [1.165, 1.54) is 10.9 Å². The second kappa shape index (κ2) is 5.45. The zero-order chi connectivity index (χ0) is 12.1. The number of rotatable bonds is 6. The molecule has 1 rings (SSSR count). The largest absolute Gasteiger partial charge is 0.406 e. The number of hydrogen-bond acceptors (Lipinski definition) is 5. The molecule has 0 aliphatic rings. The fraction of sp³-hybridized carbons (Fsp3) is 0.667. The van der Waals surface area contributed by atoms with Gasteiger partial charge in [-0.2, -0.15) is 0 Å². The summed E-state index contributed by atoms with van der Waals surface area (Å²) in [7, 11) is 1.66. The third-order valence-corrected chi connectivity index (χ3v) is 2.22. The molecule has 0 aliphatic heterocycles. The van der Waals surface area contributed by atoms with Gasteiger partial charge in [0.1, 0.15) is 0 Å². The lowest BCUT2D eigenvalue weighted by Gasteiger charge is -2.11. The van der Waals surface area contributed by atoms with E-state index in [1.54, 1.807) is 7.05 Å². The highest BCUT2D eigenvalue weighted by Crippen LogP contribution is 2.20. The van der Waals surface area contributed by atoms with Crippen LogP contribution in [0.25, 0.3) is 0 Å². The van der Waals surface area contributed by atoms with Crippen LogP contribution in [-0.2, 0) is 7.05 Å². The molecule has 1 aromatic rings. The quantitative estimate of drug-likeness (QED) is 0.557. The summed E-state index contributed by atoms with van der Waals surface area (Å²) >= 11 is 0. The normalized spacial score (nSPS) is 12.4. The van der Waals surface area contributed by atoms with Gasteiger partial charge in [-0.3, -0.25) is 4.57 Å². The van der Waals surface area contributed by atoms with Crippen molar-refractivity contribution in [3.63, 3.8) is 0 Å². The third-order valence-electron chi connectivity index (χ3n) is 2.22. The summed E-state index contributed by atoms with van der Waals surface area (Å²) < 4.78 is 1.52. The molecule has 0 spiro atoms. The molecule has 0 amide bonds. The number of aliphatic hydroxyl groups is 1. The van der Waals surface area contributed by atoms with Crippen LogP contribution in [0.15, 0.2) is 6.33 Å². The van der Waals surface area contributed by atoms with Crippen LogP contribution in [0.5, 0.6) is 0 Å². The number of aliphatic hydroxyl groups excluding tert-OH is 1. The van der Waals surface area contributed by atoms with Crippen LogP contribution in [-0.4, -0.2) is 32.2 Å². The van der Waals surface area contributed by atoms with Crippen molar-refractivity contribution in [1.29, 1.82) is 0 Å². The van der Waals surface area contributed by atoms with Crippen LogP contribution in [0.4, 0.5) is 11.6 Å². The molecule has 7 heteroatoms. The topological polar surface area (TPSA) is 93.2 Å². The van der Waals surface area contributed by atoms with E-state index in [0.717, 1.165) is 6.42 Å². The highest BCUT2D eigenvalue weighted by atomic mass is 16.6. The Hall–Kier alpha value is -1.63. The summed E-state index contributed by atoms with van der Waals surface area (Å²) in [5, 5.41) is 23.0. The maximum atomic E-state index is 10.6. The van der Waals surface area contributed by atoms with Crippen LogP contribution < -0.4 is 5.32 Å². The Bertz CT molecular complexity index is 364. The molecular formula is C9H16N4O3. The first-order valence-electron chi connectivity index (χ1n) is 5.13. The Morgan fingerprint density at radius 2 is 2.44 bits per heavy atom. The van der Waals surface area contributed by atoms with E-state index in [0.29, 0.717) is 12.2 Å². The standard InChI is InChI=1S/C9H16N4O3/c1-3-4-7(14)5-10-8-9(13(15)16)11-6-12(8)2/h6-7,10,14H,3-5H2,1-2H3. The molecule has 0 saturated carbocycles. The van der Waals surface area contributed by atoms with E-state index in [4.69, 9.17) is 0 Å². The monoisotopic (exact) mass is 228 g/mol. The minimum Gasteiger partial charge on any atom is -0.391 e. The Morgan fingerprint density at radius 3 is 3.00 bits per heavy atom. The average Bonchev–Trinajstić information content (AvgIpc) is 2.57. The van der Waals surface area contributed by atoms with Crippen molar-refractivity contribution in [1.82, 2.24) is 9.55 Å². The molecule has 1 atom stereocenters. The molecule has 2 N–H and O–H groups in total. The Morgan fingerprint density at radius 1 is 1.75 bits per heavy atom. The Balaban J connectivity index is 2.65. The summed E-state index contributed by atoms with van der Waals surface area (Å²) in [5.74, 6) is 0.103. The van der Waals surface area contributed by atoms with Gasteiger partial charge in [-0.1, -0.05) is 13.3 Å². The molecule has 0 bridgehead atoms.